The van der Waals surface area contributed by atoms with Gasteiger partial charge in [-0.05, 0) is 43.0 Å². The normalized spacial score (nSPS) is 13.9. The molecule has 0 atom stereocenters. The zero-order valence-corrected chi connectivity index (χ0v) is 15.2. The third-order valence-corrected chi connectivity index (χ3v) is 4.84. The standard InChI is InChI=1S/C22H24N4/c1-2-23-22(26-16-13-17-7-3-4-11-20(17)26)25-15-12-19-9-5-8-18-10-6-14-24-21(18)19/h3-11,14H,2,12-13,15-16H2,1H3,(H,23,25). The summed E-state index contributed by atoms with van der Waals surface area (Å²) in [6, 6.07) is 19.1. The molecule has 2 heterocycles. The Kier molecular flexibility index (Phi) is 4.82. The fourth-order valence-corrected chi connectivity index (χ4v) is 3.60. The van der Waals surface area contributed by atoms with Crippen LogP contribution in [-0.4, -0.2) is 30.6 Å². The van der Waals surface area contributed by atoms with Crippen LogP contribution in [-0.2, 0) is 12.8 Å². The molecule has 0 unspecified atom stereocenters. The molecule has 1 aliphatic rings. The van der Waals surface area contributed by atoms with Crippen molar-refractivity contribution < 1.29 is 0 Å². The third kappa shape index (κ3) is 3.27. The van der Waals surface area contributed by atoms with E-state index in [0.29, 0.717) is 0 Å². The maximum absolute atomic E-state index is 4.90. The Morgan fingerprint density at radius 1 is 1.12 bits per heavy atom. The minimum atomic E-state index is 0.747. The Bertz CT molecular complexity index is 927. The Balaban J connectivity index is 1.54. The van der Waals surface area contributed by atoms with Gasteiger partial charge in [-0.15, -0.1) is 0 Å². The van der Waals surface area contributed by atoms with Crippen LogP contribution < -0.4 is 10.2 Å². The molecule has 0 aliphatic carbocycles. The van der Waals surface area contributed by atoms with E-state index in [4.69, 9.17) is 4.99 Å². The first-order valence-electron chi connectivity index (χ1n) is 9.33. The lowest BCUT2D eigenvalue weighted by molar-refractivity contribution is 0.872. The predicted octanol–water partition coefficient (Wildman–Crippen LogP) is 3.81. The summed E-state index contributed by atoms with van der Waals surface area (Å²) in [4.78, 5) is 11.8. The Hall–Kier alpha value is -2.88. The molecule has 1 aromatic heterocycles. The van der Waals surface area contributed by atoms with E-state index in [1.165, 1.54) is 22.2 Å². The van der Waals surface area contributed by atoms with Crippen molar-refractivity contribution in [2.24, 2.45) is 4.99 Å². The molecule has 4 nitrogen and oxygen atoms in total. The number of nitrogens with zero attached hydrogens (tertiary/aromatic N) is 3. The summed E-state index contributed by atoms with van der Waals surface area (Å²) in [5.74, 6) is 0.977. The van der Waals surface area contributed by atoms with Gasteiger partial charge in [-0.1, -0.05) is 42.5 Å². The Morgan fingerprint density at radius 2 is 2.00 bits per heavy atom. The molecule has 0 spiro atoms. The average Bonchev–Trinajstić information content (AvgIpc) is 3.11. The molecule has 1 aliphatic heterocycles. The minimum Gasteiger partial charge on any atom is -0.356 e. The monoisotopic (exact) mass is 344 g/mol. The summed E-state index contributed by atoms with van der Waals surface area (Å²) in [5.41, 5.74) is 5.02. The smallest absolute Gasteiger partial charge is 0.198 e. The van der Waals surface area contributed by atoms with E-state index in [0.717, 1.165) is 44.0 Å². The summed E-state index contributed by atoms with van der Waals surface area (Å²) in [5, 5.41) is 4.64. The SMILES string of the molecule is CCNC(=NCCc1cccc2cccnc12)N1CCc2ccccc21. The van der Waals surface area contributed by atoms with Gasteiger partial charge in [0.1, 0.15) is 0 Å². The molecule has 0 radical (unpaired) electrons. The van der Waals surface area contributed by atoms with Crippen LogP contribution in [0.2, 0.25) is 0 Å². The van der Waals surface area contributed by atoms with Crippen molar-refractivity contribution in [1.29, 1.82) is 0 Å². The van der Waals surface area contributed by atoms with Gasteiger partial charge in [-0.3, -0.25) is 9.98 Å². The van der Waals surface area contributed by atoms with Gasteiger partial charge in [0, 0.05) is 36.9 Å². The largest absolute Gasteiger partial charge is 0.356 e. The lowest BCUT2D eigenvalue weighted by Gasteiger charge is -2.22. The van der Waals surface area contributed by atoms with Crippen LogP contribution >= 0.6 is 0 Å². The molecule has 3 aromatic rings. The molecular weight excluding hydrogens is 320 g/mol. The van der Waals surface area contributed by atoms with Gasteiger partial charge >= 0.3 is 0 Å². The van der Waals surface area contributed by atoms with Crippen LogP contribution in [0.4, 0.5) is 5.69 Å². The summed E-state index contributed by atoms with van der Waals surface area (Å²) in [6.45, 7) is 4.72. The molecular formula is C22H24N4. The lowest BCUT2D eigenvalue weighted by atomic mass is 10.1. The van der Waals surface area contributed by atoms with Gasteiger partial charge in [0.25, 0.3) is 0 Å². The number of nitrogens with one attached hydrogen (secondary N) is 1. The van der Waals surface area contributed by atoms with Crippen LogP contribution in [0.1, 0.15) is 18.1 Å². The molecule has 0 fully saturated rings. The number of pyridine rings is 1. The molecule has 1 N–H and O–H groups in total. The zero-order chi connectivity index (χ0) is 17.8. The molecule has 0 bridgehead atoms. The van der Waals surface area contributed by atoms with E-state index >= 15 is 0 Å². The highest BCUT2D eigenvalue weighted by Gasteiger charge is 2.22. The van der Waals surface area contributed by atoms with Gasteiger partial charge in [0.05, 0.1) is 5.52 Å². The number of fused-ring (bicyclic) bond motifs is 2. The highest BCUT2D eigenvalue weighted by atomic mass is 15.3. The minimum absolute atomic E-state index is 0.747. The van der Waals surface area contributed by atoms with E-state index in [1.807, 2.05) is 12.3 Å². The second kappa shape index (κ2) is 7.56. The molecule has 0 saturated carbocycles. The summed E-state index contributed by atoms with van der Waals surface area (Å²) >= 11 is 0. The number of hydrogen-bond donors (Lipinski definition) is 1. The van der Waals surface area contributed by atoms with Crippen molar-refractivity contribution in [2.45, 2.75) is 19.8 Å². The number of aliphatic imine (C=N–C) groups is 1. The summed E-state index contributed by atoms with van der Waals surface area (Å²) in [6.07, 6.45) is 3.83. The second-order valence-electron chi connectivity index (χ2n) is 6.51. The van der Waals surface area contributed by atoms with Crippen molar-refractivity contribution >= 4 is 22.5 Å². The Labute approximate surface area is 154 Å². The lowest BCUT2D eigenvalue weighted by Crippen LogP contribution is -2.40. The van der Waals surface area contributed by atoms with Gasteiger partial charge in [0.2, 0.25) is 0 Å². The van der Waals surface area contributed by atoms with Crippen molar-refractivity contribution in [3.05, 3.63) is 71.9 Å². The van der Waals surface area contributed by atoms with E-state index in [-0.39, 0.29) is 0 Å². The van der Waals surface area contributed by atoms with Gasteiger partial charge in [0.15, 0.2) is 5.96 Å². The van der Waals surface area contributed by atoms with Gasteiger partial charge in [-0.25, -0.2) is 0 Å². The zero-order valence-electron chi connectivity index (χ0n) is 15.2. The second-order valence-corrected chi connectivity index (χ2v) is 6.51. The van der Waals surface area contributed by atoms with Crippen LogP contribution in [0.3, 0.4) is 0 Å². The highest BCUT2D eigenvalue weighted by molar-refractivity contribution is 5.98. The molecule has 0 amide bonds. The van der Waals surface area contributed by atoms with Crippen LogP contribution in [0.5, 0.6) is 0 Å². The van der Waals surface area contributed by atoms with Crippen LogP contribution in [0.15, 0.2) is 65.8 Å². The molecule has 2 aromatic carbocycles. The van der Waals surface area contributed by atoms with Crippen molar-refractivity contribution in [1.82, 2.24) is 10.3 Å². The molecule has 4 heteroatoms. The molecule has 4 rings (SSSR count). The number of rotatable bonds is 4. The number of aromatic nitrogens is 1. The number of benzene rings is 2. The fourth-order valence-electron chi connectivity index (χ4n) is 3.60. The first kappa shape index (κ1) is 16.6. The topological polar surface area (TPSA) is 40.5 Å². The number of para-hydroxylation sites is 2. The van der Waals surface area contributed by atoms with Crippen molar-refractivity contribution in [3.8, 4) is 0 Å². The maximum Gasteiger partial charge on any atom is 0.198 e. The number of guanidine groups is 1. The van der Waals surface area contributed by atoms with Gasteiger partial charge in [-0.2, -0.15) is 0 Å². The Morgan fingerprint density at radius 3 is 2.92 bits per heavy atom. The molecule has 26 heavy (non-hydrogen) atoms. The van der Waals surface area contributed by atoms with E-state index < -0.39 is 0 Å². The number of hydrogen-bond acceptors (Lipinski definition) is 2. The molecule has 0 saturated heterocycles. The van der Waals surface area contributed by atoms with Crippen molar-refractivity contribution in [2.75, 3.05) is 24.5 Å². The third-order valence-electron chi connectivity index (χ3n) is 4.84. The highest BCUT2D eigenvalue weighted by Crippen LogP contribution is 2.27. The summed E-state index contributed by atoms with van der Waals surface area (Å²) in [7, 11) is 0. The van der Waals surface area contributed by atoms with E-state index in [2.05, 4.69) is 70.7 Å². The quantitative estimate of drug-likeness (QED) is 0.578. The van der Waals surface area contributed by atoms with Crippen LogP contribution in [0, 0.1) is 0 Å². The predicted molar refractivity (Wildman–Crippen MR) is 109 cm³/mol. The van der Waals surface area contributed by atoms with Gasteiger partial charge < -0.3 is 10.2 Å². The van der Waals surface area contributed by atoms with E-state index in [1.54, 1.807) is 0 Å². The fraction of sp³-hybridized carbons (Fsp3) is 0.273. The maximum atomic E-state index is 4.90. The first-order valence-corrected chi connectivity index (χ1v) is 9.33. The summed E-state index contributed by atoms with van der Waals surface area (Å²) < 4.78 is 0. The van der Waals surface area contributed by atoms with E-state index in [9.17, 15) is 0 Å². The number of anilines is 1. The van der Waals surface area contributed by atoms with Crippen molar-refractivity contribution in [3.63, 3.8) is 0 Å². The van der Waals surface area contributed by atoms with Crippen LogP contribution in [0.25, 0.3) is 10.9 Å². The average molecular weight is 344 g/mol. The first-order chi connectivity index (χ1) is 12.9. The molecule has 132 valence electrons.